The fourth-order valence-corrected chi connectivity index (χ4v) is 3.36. The van der Waals surface area contributed by atoms with E-state index in [0.717, 1.165) is 23.3 Å². The molecule has 30 heavy (non-hydrogen) atoms. The van der Waals surface area contributed by atoms with Crippen molar-refractivity contribution < 1.29 is 22.7 Å². The molecule has 0 saturated carbocycles. The van der Waals surface area contributed by atoms with Crippen molar-refractivity contribution in [3.8, 4) is 5.75 Å². The average Bonchev–Trinajstić information content (AvgIpc) is 3.01. The maximum atomic E-state index is 13.0. The number of alkyl halides is 3. The largest absolute Gasteiger partial charge is 0.488 e. The number of amides is 1. The molecule has 1 amide bonds. The van der Waals surface area contributed by atoms with Gasteiger partial charge in [-0.1, -0.05) is 54.1 Å². The lowest BCUT2D eigenvalue weighted by atomic mass is 10.0. The van der Waals surface area contributed by atoms with Crippen molar-refractivity contribution in [2.24, 2.45) is 0 Å². The van der Waals surface area contributed by atoms with E-state index >= 15 is 0 Å². The quantitative estimate of drug-likeness (QED) is 0.530. The van der Waals surface area contributed by atoms with Crippen molar-refractivity contribution in [1.29, 1.82) is 0 Å². The highest BCUT2D eigenvalue weighted by Gasteiger charge is 2.33. The molecule has 1 heterocycles. The number of anilines is 1. The maximum absolute atomic E-state index is 13.0. The van der Waals surface area contributed by atoms with E-state index in [1.165, 1.54) is 6.07 Å². The third kappa shape index (κ3) is 4.08. The summed E-state index contributed by atoms with van der Waals surface area (Å²) in [6.07, 6.45) is -2.83. The predicted octanol–water partition coefficient (Wildman–Crippen LogP) is 6.09. The van der Waals surface area contributed by atoms with Gasteiger partial charge in [-0.2, -0.15) is 13.2 Å². The predicted molar refractivity (Wildman–Crippen MR) is 110 cm³/mol. The van der Waals surface area contributed by atoms with Crippen LogP contribution in [0.15, 0.2) is 66.7 Å². The van der Waals surface area contributed by atoms with Gasteiger partial charge in [-0.3, -0.25) is 4.79 Å². The van der Waals surface area contributed by atoms with Crippen LogP contribution in [0.3, 0.4) is 0 Å². The molecule has 0 atom stereocenters. The van der Waals surface area contributed by atoms with E-state index in [4.69, 9.17) is 4.74 Å². The van der Waals surface area contributed by atoms with E-state index in [1.54, 1.807) is 18.2 Å². The first-order valence-electron chi connectivity index (χ1n) is 9.33. The number of carbonyl (C=O) groups excluding carboxylic acids is 1. The summed E-state index contributed by atoms with van der Waals surface area (Å²) in [6, 6.07) is 18.4. The van der Waals surface area contributed by atoms with E-state index < -0.39 is 17.6 Å². The summed E-state index contributed by atoms with van der Waals surface area (Å²) in [5.74, 6) is 0.137. The van der Waals surface area contributed by atoms with E-state index in [0.29, 0.717) is 29.1 Å². The molecule has 4 rings (SSSR count). The van der Waals surface area contributed by atoms with Gasteiger partial charge in [-0.05, 0) is 36.8 Å². The minimum atomic E-state index is -4.47. The first kappa shape index (κ1) is 19.8. The Hall–Kier alpha value is -3.54. The molecule has 0 unspecified atom stereocenters. The van der Waals surface area contributed by atoms with Crippen LogP contribution in [0, 0.1) is 6.92 Å². The Bertz CT molecular complexity index is 1150. The first-order chi connectivity index (χ1) is 14.3. The summed E-state index contributed by atoms with van der Waals surface area (Å²) in [5, 5.41) is 2.52. The average molecular weight is 409 g/mol. The van der Waals surface area contributed by atoms with Crippen molar-refractivity contribution in [3.63, 3.8) is 0 Å². The number of carbonyl (C=O) groups is 1. The summed E-state index contributed by atoms with van der Waals surface area (Å²) in [4.78, 5) is 12.4. The second kappa shape index (κ2) is 7.71. The van der Waals surface area contributed by atoms with Crippen LogP contribution in [-0.4, -0.2) is 5.91 Å². The van der Waals surface area contributed by atoms with Crippen LogP contribution in [0.1, 0.15) is 27.8 Å². The Kier molecular flexibility index (Phi) is 5.08. The van der Waals surface area contributed by atoms with Crippen molar-refractivity contribution in [1.82, 2.24) is 0 Å². The van der Waals surface area contributed by atoms with Gasteiger partial charge in [-0.25, -0.2) is 0 Å². The van der Waals surface area contributed by atoms with Crippen molar-refractivity contribution in [2.75, 3.05) is 5.32 Å². The van der Waals surface area contributed by atoms with E-state index in [1.807, 2.05) is 43.3 Å². The number of ether oxygens (including phenoxy) is 1. The van der Waals surface area contributed by atoms with Gasteiger partial charge in [0, 0.05) is 22.4 Å². The number of fused-ring (bicyclic) bond motifs is 1. The Morgan fingerprint density at radius 2 is 1.80 bits per heavy atom. The monoisotopic (exact) mass is 409 g/mol. The molecule has 0 bridgehead atoms. The highest BCUT2D eigenvalue weighted by molar-refractivity contribution is 6.35. The molecule has 0 aromatic heterocycles. The van der Waals surface area contributed by atoms with Gasteiger partial charge in [0.05, 0.1) is 5.56 Å². The van der Waals surface area contributed by atoms with Gasteiger partial charge < -0.3 is 10.1 Å². The first-order valence-corrected chi connectivity index (χ1v) is 9.33. The van der Waals surface area contributed by atoms with Gasteiger partial charge in [0.25, 0.3) is 5.91 Å². The number of nitrogens with one attached hydrogen (secondary N) is 1. The number of halogens is 3. The number of benzene rings is 3. The Labute approximate surface area is 171 Å². The Morgan fingerprint density at radius 1 is 1.00 bits per heavy atom. The van der Waals surface area contributed by atoms with Crippen LogP contribution in [0.25, 0.3) is 11.6 Å². The van der Waals surface area contributed by atoms with Crippen molar-refractivity contribution >= 4 is 23.2 Å². The van der Waals surface area contributed by atoms with Crippen LogP contribution >= 0.6 is 0 Å². The topological polar surface area (TPSA) is 38.3 Å². The van der Waals surface area contributed by atoms with E-state index in [2.05, 4.69) is 5.32 Å². The van der Waals surface area contributed by atoms with Crippen LogP contribution in [-0.2, 0) is 17.6 Å². The summed E-state index contributed by atoms with van der Waals surface area (Å²) < 4.78 is 44.8. The van der Waals surface area contributed by atoms with Gasteiger partial charge >= 0.3 is 6.18 Å². The summed E-state index contributed by atoms with van der Waals surface area (Å²) in [5.41, 5.74) is 2.89. The maximum Gasteiger partial charge on any atom is 0.416 e. The molecule has 3 aromatic carbocycles. The number of rotatable bonds is 4. The number of hydrogen-bond acceptors (Lipinski definition) is 2. The van der Waals surface area contributed by atoms with Gasteiger partial charge in [0.1, 0.15) is 12.4 Å². The molecule has 3 nitrogen and oxygen atoms in total. The highest BCUT2D eigenvalue weighted by atomic mass is 19.4. The molecule has 0 aliphatic carbocycles. The fraction of sp³-hybridized carbons (Fsp3) is 0.125. The van der Waals surface area contributed by atoms with Crippen LogP contribution in [0.2, 0.25) is 0 Å². The van der Waals surface area contributed by atoms with Crippen LogP contribution in [0.5, 0.6) is 5.75 Å². The van der Waals surface area contributed by atoms with Crippen molar-refractivity contribution in [2.45, 2.75) is 19.7 Å². The molecule has 6 heteroatoms. The zero-order chi connectivity index (χ0) is 21.3. The van der Waals surface area contributed by atoms with Gasteiger partial charge in [0.2, 0.25) is 0 Å². The summed E-state index contributed by atoms with van der Waals surface area (Å²) >= 11 is 0. The summed E-state index contributed by atoms with van der Waals surface area (Å²) in [6.45, 7) is 2.36. The van der Waals surface area contributed by atoms with Crippen LogP contribution in [0.4, 0.5) is 18.9 Å². The molecular formula is C24H18F3NO2. The lowest BCUT2D eigenvalue weighted by molar-refractivity contribution is -0.137. The number of para-hydroxylation sites is 1. The standard InChI is InChI=1S/C24H18F3NO2/c1-15-5-4-6-16(11-15)14-30-22-8-3-2-7-17(22)12-20-19-10-9-18(24(25,26)27)13-21(19)28-23(20)29/h2-13H,14H2,1H3,(H,28,29)/b20-12-. The second-order valence-corrected chi connectivity index (χ2v) is 7.09. The Balaban J connectivity index is 1.64. The Morgan fingerprint density at radius 3 is 2.57 bits per heavy atom. The third-order valence-electron chi connectivity index (χ3n) is 4.83. The highest BCUT2D eigenvalue weighted by Crippen LogP contribution is 2.39. The second-order valence-electron chi connectivity index (χ2n) is 7.09. The van der Waals surface area contributed by atoms with Gasteiger partial charge in [0.15, 0.2) is 0 Å². The van der Waals surface area contributed by atoms with Crippen LogP contribution < -0.4 is 10.1 Å². The molecule has 3 aromatic rings. The minimum Gasteiger partial charge on any atom is -0.488 e. The molecule has 1 aliphatic heterocycles. The van der Waals surface area contributed by atoms with E-state index in [9.17, 15) is 18.0 Å². The molecule has 0 fully saturated rings. The molecule has 0 saturated heterocycles. The number of hydrogen-bond donors (Lipinski definition) is 1. The fourth-order valence-electron chi connectivity index (χ4n) is 3.36. The SMILES string of the molecule is Cc1cccc(COc2ccccc2/C=C2\C(=O)Nc3cc(C(F)(F)F)ccc32)c1. The lowest BCUT2D eigenvalue weighted by Crippen LogP contribution is -2.06. The number of aryl methyl sites for hydroxylation is 1. The zero-order valence-corrected chi connectivity index (χ0v) is 16.1. The minimum absolute atomic E-state index is 0.152. The van der Waals surface area contributed by atoms with Crippen molar-refractivity contribution in [3.05, 3.63) is 94.5 Å². The molecule has 152 valence electrons. The lowest BCUT2D eigenvalue weighted by Gasteiger charge is -2.10. The molecule has 1 aliphatic rings. The molecule has 0 spiro atoms. The summed E-state index contributed by atoms with van der Waals surface area (Å²) in [7, 11) is 0. The molecule has 1 N–H and O–H groups in total. The zero-order valence-electron chi connectivity index (χ0n) is 16.1. The molecular weight excluding hydrogens is 391 g/mol. The molecule has 0 radical (unpaired) electrons. The van der Waals surface area contributed by atoms with E-state index in [-0.39, 0.29) is 5.69 Å². The third-order valence-corrected chi connectivity index (χ3v) is 4.83. The normalized spacial score (nSPS) is 14.5. The smallest absolute Gasteiger partial charge is 0.416 e. The van der Waals surface area contributed by atoms with Gasteiger partial charge in [-0.15, -0.1) is 0 Å².